The fraction of sp³-hybridized carbons (Fsp3) is 0.0769. The number of anilines is 2. The molecule has 0 aliphatic rings. The Bertz CT molecular complexity index is 763. The number of benzene rings is 1. The zero-order chi connectivity index (χ0) is 16.1. The van der Waals surface area contributed by atoms with E-state index in [4.69, 9.17) is 34.2 Å². The summed E-state index contributed by atoms with van der Waals surface area (Å²) in [4.78, 5) is 19.8. The molecule has 0 aliphatic carbocycles. The lowest BCUT2D eigenvalue weighted by atomic mass is 10.3. The second kappa shape index (κ2) is 7.31. The minimum absolute atomic E-state index is 0.0637. The lowest BCUT2D eigenvalue weighted by Crippen LogP contribution is -2.14. The number of nitrogens with two attached hydrogens (primary N) is 1. The molecule has 1 heterocycles. The molecule has 22 heavy (non-hydrogen) atoms. The number of rotatable bonds is 4. The molecular weight excluding hydrogens is 345 g/mol. The number of amides is 1. The Morgan fingerprint density at radius 3 is 2.91 bits per heavy atom. The van der Waals surface area contributed by atoms with Crippen molar-refractivity contribution in [3.63, 3.8) is 0 Å². The molecule has 1 aromatic heterocycles. The highest BCUT2D eigenvalue weighted by Crippen LogP contribution is 2.25. The average Bonchev–Trinajstić information content (AvgIpc) is 2.49. The first kappa shape index (κ1) is 16.4. The number of carbonyl (C=O) groups excluding carboxylic acids is 1. The molecule has 0 fully saturated rings. The normalized spacial score (nSPS) is 10.0. The Morgan fingerprint density at radius 1 is 1.45 bits per heavy atom. The van der Waals surface area contributed by atoms with Crippen LogP contribution < -0.4 is 11.1 Å². The van der Waals surface area contributed by atoms with E-state index >= 15 is 0 Å². The zero-order valence-corrected chi connectivity index (χ0v) is 13.3. The van der Waals surface area contributed by atoms with Gasteiger partial charge in [-0.05, 0) is 18.2 Å². The van der Waals surface area contributed by atoms with Gasteiger partial charge in [-0.25, -0.2) is 9.97 Å². The molecule has 2 aromatic rings. The van der Waals surface area contributed by atoms with Crippen LogP contribution in [0.4, 0.5) is 11.5 Å². The van der Waals surface area contributed by atoms with Crippen molar-refractivity contribution in [2.45, 2.75) is 5.16 Å². The van der Waals surface area contributed by atoms with E-state index < -0.39 is 0 Å². The Balaban J connectivity index is 1.97. The van der Waals surface area contributed by atoms with E-state index in [0.717, 1.165) is 11.8 Å². The molecule has 0 saturated carbocycles. The fourth-order valence-corrected chi connectivity index (χ4v) is 2.40. The summed E-state index contributed by atoms with van der Waals surface area (Å²) in [6, 6.07) is 6.64. The van der Waals surface area contributed by atoms with Gasteiger partial charge < -0.3 is 11.1 Å². The number of hydrogen-bond acceptors (Lipinski definition) is 6. The van der Waals surface area contributed by atoms with E-state index in [1.54, 1.807) is 18.2 Å². The van der Waals surface area contributed by atoms with E-state index in [0.29, 0.717) is 20.9 Å². The van der Waals surface area contributed by atoms with Crippen molar-refractivity contribution in [2.75, 3.05) is 16.8 Å². The van der Waals surface area contributed by atoms with Crippen LogP contribution in [0.15, 0.2) is 29.6 Å². The average molecular weight is 354 g/mol. The first-order chi connectivity index (χ1) is 10.5. The summed E-state index contributed by atoms with van der Waals surface area (Å²) < 4.78 is 0. The van der Waals surface area contributed by atoms with Crippen LogP contribution in [0.5, 0.6) is 0 Å². The summed E-state index contributed by atoms with van der Waals surface area (Å²) in [5.41, 5.74) is 6.20. The van der Waals surface area contributed by atoms with Crippen molar-refractivity contribution < 1.29 is 4.79 Å². The van der Waals surface area contributed by atoms with Gasteiger partial charge in [-0.15, -0.1) is 0 Å². The number of nitriles is 1. The largest absolute Gasteiger partial charge is 0.382 e. The number of carbonyl (C=O) groups is 1. The SMILES string of the molecule is N#Cc1cnc(SCC(=O)Nc2cc(Cl)ccc2Cl)nc1N. The number of hydrogen-bond donors (Lipinski definition) is 2. The predicted octanol–water partition coefficient (Wildman–Crippen LogP) is 2.97. The summed E-state index contributed by atoms with van der Waals surface area (Å²) in [7, 11) is 0. The maximum absolute atomic E-state index is 11.9. The molecule has 1 amide bonds. The third kappa shape index (κ3) is 4.24. The van der Waals surface area contributed by atoms with Crippen LogP contribution in [0.2, 0.25) is 10.0 Å². The highest BCUT2D eigenvalue weighted by Gasteiger charge is 2.10. The molecule has 0 atom stereocenters. The Kier molecular flexibility index (Phi) is 5.44. The first-order valence-electron chi connectivity index (χ1n) is 5.90. The number of nitrogens with zero attached hydrogens (tertiary/aromatic N) is 3. The molecule has 0 radical (unpaired) electrons. The van der Waals surface area contributed by atoms with Crippen LogP contribution in [-0.4, -0.2) is 21.6 Å². The summed E-state index contributed by atoms with van der Waals surface area (Å²) in [6.45, 7) is 0. The number of thioether (sulfide) groups is 1. The summed E-state index contributed by atoms with van der Waals surface area (Å²) >= 11 is 12.9. The van der Waals surface area contributed by atoms with Crippen molar-refractivity contribution >= 4 is 52.4 Å². The van der Waals surface area contributed by atoms with Gasteiger partial charge in [-0.1, -0.05) is 35.0 Å². The van der Waals surface area contributed by atoms with Crippen molar-refractivity contribution in [1.29, 1.82) is 5.26 Å². The quantitative estimate of drug-likeness (QED) is 0.646. The number of nitrogens with one attached hydrogen (secondary N) is 1. The van der Waals surface area contributed by atoms with Crippen molar-refractivity contribution in [3.05, 3.63) is 40.0 Å². The third-order valence-corrected chi connectivity index (χ3v) is 3.88. The van der Waals surface area contributed by atoms with E-state index in [1.165, 1.54) is 6.20 Å². The minimum Gasteiger partial charge on any atom is -0.382 e. The standard InChI is InChI=1S/C13H9Cl2N5OS/c14-8-1-2-9(15)10(3-8)19-11(21)6-22-13-18-5-7(4-16)12(17)20-13/h1-3,5H,6H2,(H,19,21)(H2,17,18,20). The molecule has 9 heteroatoms. The Labute approximate surface area is 140 Å². The lowest BCUT2D eigenvalue weighted by Gasteiger charge is -2.07. The fourth-order valence-electron chi connectivity index (χ4n) is 1.44. The van der Waals surface area contributed by atoms with E-state index in [-0.39, 0.29) is 23.0 Å². The van der Waals surface area contributed by atoms with Gasteiger partial charge in [0.05, 0.1) is 22.7 Å². The van der Waals surface area contributed by atoms with Gasteiger partial charge in [-0.2, -0.15) is 5.26 Å². The highest BCUT2D eigenvalue weighted by atomic mass is 35.5. The molecule has 0 unspecified atom stereocenters. The highest BCUT2D eigenvalue weighted by molar-refractivity contribution is 7.99. The van der Waals surface area contributed by atoms with Gasteiger partial charge in [-0.3, -0.25) is 4.79 Å². The molecule has 6 nitrogen and oxygen atoms in total. The molecule has 0 spiro atoms. The summed E-state index contributed by atoms with van der Waals surface area (Å²) in [6.07, 6.45) is 1.32. The maximum atomic E-state index is 11.9. The summed E-state index contributed by atoms with van der Waals surface area (Å²) in [5.74, 6) is -0.146. The van der Waals surface area contributed by atoms with Crippen LogP contribution in [0.25, 0.3) is 0 Å². The Morgan fingerprint density at radius 2 is 2.23 bits per heavy atom. The van der Waals surface area contributed by atoms with Crippen molar-refractivity contribution in [3.8, 4) is 6.07 Å². The van der Waals surface area contributed by atoms with Crippen LogP contribution in [-0.2, 0) is 4.79 Å². The van der Waals surface area contributed by atoms with Gasteiger partial charge in [0.2, 0.25) is 5.91 Å². The molecule has 3 N–H and O–H groups in total. The van der Waals surface area contributed by atoms with E-state index in [9.17, 15) is 4.79 Å². The zero-order valence-electron chi connectivity index (χ0n) is 11.0. The number of aromatic nitrogens is 2. The van der Waals surface area contributed by atoms with Crippen molar-refractivity contribution in [2.24, 2.45) is 0 Å². The first-order valence-corrected chi connectivity index (χ1v) is 7.64. The second-order valence-electron chi connectivity index (χ2n) is 4.02. The lowest BCUT2D eigenvalue weighted by molar-refractivity contribution is -0.113. The van der Waals surface area contributed by atoms with Crippen LogP contribution >= 0.6 is 35.0 Å². The summed E-state index contributed by atoms with van der Waals surface area (Å²) in [5, 5.41) is 12.5. The molecule has 1 aromatic carbocycles. The second-order valence-corrected chi connectivity index (χ2v) is 5.81. The topological polar surface area (TPSA) is 105 Å². The van der Waals surface area contributed by atoms with Crippen LogP contribution in [0, 0.1) is 11.3 Å². The minimum atomic E-state index is -0.291. The van der Waals surface area contributed by atoms with Gasteiger partial charge in [0.15, 0.2) is 5.16 Å². The van der Waals surface area contributed by atoms with Gasteiger partial charge >= 0.3 is 0 Å². The molecule has 0 aliphatic heterocycles. The van der Waals surface area contributed by atoms with Gasteiger partial charge in [0, 0.05) is 5.02 Å². The monoisotopic (exact) mass is 353 g/mol. The Hall–Kier alpha value is -2.01. The van der Waals surface area contributed by atoms with Gasteiger partial charge in [0.25, 0.3) is 0 Å². The van der Waals surface area contributed by atoms with E-state index in [1.807, 2.05) is 6.07 Å². The van der Waals surface area contributed by atoms with Crippen LogP contribution in [0.3, 0.4) is 0 Å². The smallest absolute Gasteiger partial charge is 0.234 e. The number of nitrogen functional groups attached to an aromatic ring is 1. The molecule has 0 saturated heterocycles. The van der Waals surface area contributed by atoms with Gasteiger partial charge in [0.1, 0.15) is 17.5 Å². The molecule has 0 bridgehead atoms. The van der Waals surface area contributed by atoms with Crippen LogP contribution in [0.1, 0.15) is 5.56 Å². The van der Waals surface area contributed by atoms with Crippen molar-refractivity contribution in [1.82, 2.24) is 9.97 Å². The molecule has 112 valence electrons. The maximum Gasteiger partial charge on any atom is 0.234 e. The predicted molar refractivity (Wildman–Crippen MR) is 87.0 cm³/mol. The molecular formula is C13H9Cl2N5OS. The van der Waals surface area contributed by atoms with E-state index in [2.05, 4.69) is 15.3 Å². The number of halogens is 2. The third-order valence-electron chi connectivity index (χ3n) is 2.45. The molecule has 2 rings (SSSR count).